The average molecular weight is 370 g/mol. The largest absolute Gasteiger partial charge is 0.385 e. The highest BCUT2D eigenvalue weighted by atomic mass is 16.5. The predicted octanol–water partition coefficient (Wildman–Crippen LogP) is 2.72. The van der Waals surface area contributed by atoms with Gasteiger partial charge in [0.25, 0.3) is 0 Å². The quantitative estimate of drug-likeness (QED) is 0.726. The summed E-state index contributed by atoms with van der Waals surface area (Å²) < 4.78 is 7.23. The van der Waals surface area contributed by atoms with Crippen molar-refractivity contribution in [2.75, 3.05) is 26.8 Å². The van der Waals surface area contributed by atoms with Gasteiger partial charge < -0.3 is 14.6 Å². The lowest BCUT2D eigenvalue weighted by Gasteiger charge is -2.36. The van der Waals surface area contributed by atoms with Crippen LogP contribution in [0.3, 0.4) is 0 Å². The topological polar surface area (TPSA) is 59.4 Å². The van der Waals surface area contributed by atoms with Gasteiger partial charge in [0, 0.05) is 45.8 Å². The number of rotatable bonds is 8. The average Bonchev–Trinajstić information content (AvgIpc) is 3.10. The number of ether oxygens (including phenoxy) is 1. The highest BCUT2D eigenvalue weighted by Gasteiger charge is 2.36. The molecule has 0 aliphatic carbocycles. The minimum Gasteiger partial charge on any atom is -0.385 e. The minimum atomic E-state index is -0.318. The van der Waals surface area contributed by atoms with E-state index in [1.54, 1.807) is 7.11 Å². The number of benzene rings is 1. The number of nitrogens with one attached hydrogen (secondary N) is 1. The molecule has 0 unspecified atom stereocenters. The molecule has 0 spiro atoms. The van der Waals surface area contributed by atoms with Crippen molar-refractivity contribution in [2.24, 2.45) is 0 Å². The van der Waals surface area contributed by atoms with Crippen LogP contribution in [0.25, 0.3) is 0 Å². The van der Waals surface area contributed by atoms with Gasteiger partial charge in [-0.2, -0.15) is 0 Å². The fourth-order valence-corrected chi connectivity index (χ4v) is 3.67. The smallest absolute Gasteiger partial charge is 0.243 e. The first-order valence-corrected chi connectivity index (χ1v) is 9.72. The molecule has 1 amide bonds. The van der Waals surface area contributed by atoms with E-state index in [-0.39, 0.29) is 18.0 Å². The Kier molecular flexibility index (Phi) is 6.63. The summed E-state index contributed by atoms with van der Waals surface area (Å²) in [7, 11) is 1.68. The van der Waals surface area contributed by atoms with Gasteiger partial charge in [-0.25, -0.2) is 4.98 Å². The Hall–Kier alpha value is -2.18. The van der Waals surface area contributed by atoms with Crippen LogP contribution in [-0.2, 0) is 22.5 Å². The third-order valence-corrected chi connectivity index (χ3v) is 5.03. The maximum absolute atomic E-state index is 13.2. The number of carbonyl (C=O) groups excluding carboxylic acids is 1. The van der Waals surface area contributed by atoms with Crippen molar-refractivity contribution in [3.63, 3.8) is 0 Å². The number of methoxy groups -OCH3 is 1. The van der Waals surface area contributed by atoms with Crippen molar-refractivity contribution in [1.82, 2.24) is 19.8 Å². The fourth-order valence-electron chi connectivity index (χ4n) is 3.67. The minimum absolute atomic E-state index is 0.0467. The van der Waals surface area contributed by atoms with E-state index >= 15 is 0 Å². The first-order valence-electron chi connectivity index (χ1n) is 9.72. The molecule has 0 fully saturated rings. The van der Waals surface area contributed by atoms with E-state index in [0.29, 0.717) is 13.2 Å². The molecule has 2 heterocycles. The second-order valence-electron chi connectivity index (χ2n) is 7.32. The Morgan fingerprint density at radius 2 is 2.11 bits per heavy atom. The van der Waals surface area contributed by atoms with Crippen LogP contribution >= 0.6 is 0 Å². The van der Waals surface area contributed by atoms with Crippen LogP contribution in [0.4, 0.5) is 0 Å². The van der Waals surface area contributed by atoms with Crippen LogP contribution in [0.2, 0.25) is 0 Å². The highest BCUT2D eigenvalue weighted by molar-refractivity contribution is 5.83. The molecule has 0 saturated heterocycles. The Bertz CT molecular complexity index is 742. The molecular formula is C21H30N4O2. The Morgan fingerprint density at radius 1 is 1.33 bits per heavy atom. The molecule has 0 saturated carbocycles. The molecule has 1 aromatic heterocycles. The molecule has 0 radical (unpaired) electrons. The van der Waals surface area contributed by atoms with Crippen LogP contribution in [-0.4, -0.2) is 47.2 Å². The molecular weight excluding hydrogens is 340 g/mol. The van der Waals surface area contributed by atoms with Crippen LogP contribution in [0, 0.1) is 0 Å². The van der Waals surface area contributed by atoms with E-state index < -0.39 is 0 Å². The molecule has 6 heteroatoms. The molecule has 3 rings (SSSR count). The van der Waals surface area contributed by atoms with Crippen molar-refractivity contribution < 1.29 is 9.53 Å². The zero-order valence-electron chi connectivity index (χ0n) is 16.5. The fraction of sp³-hybridized carbons (Fsp3) is 0.524. The van der Waals surface area contributed by atoms with Gasteiger partial charge in [-0.1, -0.05) is 30.3 Å². The summed E-state index contributed by atoms with van der Waals surface area (Å²) >= 11 is 0. The van der Waals surface area contributed by atoms with Gasteiger partial charge in [0.2, 0.25) is 5.91 Å². The molecule has 1 aliphatic rings. The molecule has 0 bridgehead atoms. The number of hydrogen-bond donors (Lipinski definition) is 1. The van der Waals surface area contributed by atoms with Crippen LogP contribution in [0.5, 0.6) is 0 Å². The lowest BCUT2D eigenvalue weighted by Crippen LogP contribution is -2.45. The number of nitrogens with zero attached hydrogens (tertiary/aromatic N) is 3. The number of fused-ring (bicyclic) bond motifs is 1. The van der Waals surface area contributed by atoms with Gasteiger partial charge in [-0.05, 0) is 25.8 Å². The number of aromatic nitrogens is 2. The first-order chi connectivity index (χ1) is 13.1. The SMILES string of the molecule is COCCCNC(=O)[C@@H]1c2c(ncn2C(C)C)CCN1Cc1ccccc1. The molecule has 1 atom stereocenters. The molecule has 6 nitrogen and oxygen atoms in total. The number of carbonyl (C=O) groups is 1. The van der Waals surface area contributed by atoms with Gasteiger partial charge in [-0.15, -0.1) is 0 Å². The van der Waals surface area contributed by atoms with Crippen molar-refractivity contribution in [3.05, 3.63) is 53.6 Å². The second-order valence-corrected chi connectivity index (χ2v) is 7.32. The van der Waals surface area contributed by atoms with Gasteiger partial charge in [0.15, 0.2) is 0 Å². The summed E-state index contributed by atoms with van der Waals surface area (Å²) in [4.78, 5) is 20.0. The summed E-state index contributed by atoms with van der Waals surface area (Å²) in [5.74, 6) is 0.0467. The van der Waals surface area contributed by atoms with E-state index in [0.717, 1.165) is 37.3 Å². The monoisotopic (exact) mass is 370 g/mol. The third-order valence-electron chi connectivity index (χ3n) is 5.03. The number of imidazole rings is 1. The van der Waals surface area contributed by atoms with Crippen LogP contribution in [0.1, 0.15) is 49.3 Å². The van der Waals surface area contributed by atoms with Gasteiger partial charge in [-0.3, -0.25) is 9.69 Å². The zero-order chi connectivity index (χ0) is 19.2. The lowest BCUT2D eigenvalue weighted by atomic mass is 10.00. The van der Waals surface area contributed by atoms with Gasteiger partial charge >= 0.3 is 0 Å². The second kappa shape index (κ2) is 9.15. The summed E-state index contributed by atoms with van der Waals surface area (Å²) in [5, 5.41) is 3.10. The Balaban J connectivity index is 1.86. The standard InChI is InChI=1S/C21H30N4O2/c1-16(2)25-15-23-18-10-12-24(14-17-8-5-4-6-9-17)20(19(18)25)21(26)22-11-7-13-27-3/h4-6,8-9,15-16,20H,7,10-14H2,1-3H3,(H,22,26)/t20-/m0/s1. The number of hydrogen-bond acceptors (Lipinski definition) is 4. The van der Waals surface area contributed by atoms with E-state index in [1.807, 2.05) is 24.5 Å². The third kappa shape index (κ3) is 4.57. The first kappa shape index (κ1) is 19.6. The van der Waals surface area contributed by atoms with Crippen molar-refractivity contribution in [1.29, 1.82) is 0 Å². The van der Waals surface area contributed by atoms with Gasteiger partial charge in [0.1, 0.15) is 6.04 Å². The van der Waals surface area contributed by atoms with E-state index in [9.17, 15) is 4.79 Å². The molecule has 146 valence electrons. The number of amides is 1. The maximum atomic E-state index is 13.2. The normalized spacial score (nSPS) is 17.1. The molecule has 1 N–H and O–H groups in total. The van der Waals surface area contributed by atoms with Crippen LogP contribution in [0.15, 0.2) is 36.7 Å². The zero-order valence-corrected chi connectivity index (χ0v) is 16.5. The van der Waals surface area contributed by atoms with Crippen molar-refractivity contribution in [2.45, 2.75) is 45.3 Å². The Labute approximate surface area is 161 Å². The predicted molar refractivity (Wildman–Crippen MR) is 105 cm³/mol. The molecule has 1 aromatic carbocycles. The van der Waals surface area contributed by atoms with E-state index in [1.165, 1.54) is 5.56 Å². The Morgan fingerprint density at radius 3 is 2.81 bits per heavy atom. The van der Waals surface area contributed by atoms with Crippen molar-refractivity contribution >= 4 is 5.91 Å². The van der Waals surface area contributed by atoms with Gasteiger partial charge in [0.05, 0.1) is 17.7 Å². The molecule has 1 aliphatic heterocycles. The van der Waals surface area contributed by atoms with Crippen LogP contribution < -0.4 is 5.32 Å². The molecule has 2 aromatic rings. The summed E-state index contributed by atoms with van der Waals surface area (Å²) in [6, 6.07) is 10.3. The highest BCUT2D eigenvalue weighted by Crippen LogP contribution is 2.32. The summed E-state index contributed by atoms with van der Waals surface area (Å²) in [6.07, 6.45) is 3.56. The summed E-state index contributed by atoms with van der Waals surface area (Å²) in [6.45, 7) is 7.10. The molecule has 27 heavy (non-hydrogen) atoms. The lowest BCUT2D eigenvalue weighted by molar-refractivity contribution is -0.127. The van der Waals surface area contributed by atoms with E-state index in [4.69, 9.17) is 4.74 Å². The van der Waals surface area contributed by atoms with E-state index in [2.05, 4.69) is 45.7 Å². The summed E-state index contributed by atoms with van der Waals surface area (Å²) in [5.41, 5.74) is 3.30. The van der Waals surface area contributed by atoms with Crippen molar-refractivity contribution in [3.8, 4) is 0 Å². The maximum Gasteiger partial charge on any atom is 0.243 e.